The van der Waals surface area contributed by atoms with Gasteiger partial charge in [-0.25, -0.2) is 4.79 Å². The van der Waals surface area contributed by atoms with Gasteiger partial charge in [-0.2, -0.15) is 0 Å². The molecule has 3 aromatic carbocycles. The van der Waals surface area contributed by atoms with E-state index < -0.39 is 11.4 Å². The number of ether oxygens (including phenoxy) is 1. The van der Waals surface area contributed by atoms with E-state index in [-0.39, 0.29) is 22.3 Å². The number of halogens is 1. The summed E-state index contributed by atoms with van der Waals surface area (Å²) in [5.41, 5.74) is 2.74. The second-order valence-corrected chi connectivity index (χ2v) is 9.18. The summed E-state index contributed by atoms with van der Waals surface area (Å²) in [5.74, 6) is -0.592. The predicted octanol–water partition coefficient (Wildman–Crippen LogP) is 6.94. The number of fused-ring (bicyclic) bond motifs is 1. The fraction of sp³-hybridized carbons (Fsp3) is 0.185. The van der Waals surface area contributed by atoms with Crippen molar-refractivity contribution in [1.82, 2.24) is 0 Å². The Morgan fingerprint density at radius 2 is 1.62 bits per heavy atom. The summed E-state index contributed by atoms with van der Waals surface area (Å²) in [7, 11) is 0. The molecule has 0 unspecified atom stereocenters. The average Bonchev–Trinajstić information content (AvgIpc) is 2.77. The highest BCUT2D eigenvalue weighted by atomic mass is 35.5. The van der Waals surface area contributed by atoms with Gasteiger partial charge in [-0.1, -0.05) is 74.8 Å². The molecule has 0 fully saturated rings. The molecule has 0 radical (unpaired) electrons. The average molecular weight is 447 g/mol. The Labute approximate surface area is 191 Å². The van der Waals surface area contributed by atoms with Crippen molar-refractivity contribution in [2.24, 2.45) is 0 Å². The van der Waals surface area contributed by atoms with Crippen LogP contribution in [0.15, 0.2) is 75.9 Å². The summed E-state index contributed by atoms with van der Waals surface area (Å²) in [6.07, 6.45) is 0. The highest BCUT2D eigenvalue weighted by Crippen LogP contribution is 2.33. The van der Waals surface area contributed by atoms with Crippen molar-refractivity contribution in [3.8, 4) is 17.1 Å². The molecule has 0 saturated carbocycles. The van der Waals surface area contributed by atoms with Gasteiger partial charge in [0.15, 0.2) is 5.76 Å². The SMILES string of the molecule is Cc1cc2oc(-c3ccccc3)c(OC(=O)c3ccc(C(C)(C)C)cc3)c(=O)c2cc1Cl. The van der Waals surface area contributed by atoms with E-state index in [4.69, 9.17) is 20.8 Å². The Morgan fingerprint density at radius 1 is 0.969 bits per heavy atom. The summed E-state index contributed by atoms with van der Waals surface area (Å²) < 4.78 is 11.7. The van der Waals surface area contributed by atoms with Crippen molar-refractivity contribution in [2.45, 2.75) is 33.1 Å². The highest BCUT2D eigenvalue weighted by Gasteiger charge is 2.22. The fourth-order valence-corrected chi connectivity index (χ4v) is 3.59. The van der Waals surface area contributed by atoms with Crippen LogP contribution in [0.1, 0.15) is 42.3 Å². The lowest BCUT2D eigenvalue weighted by atomic mass is 9.87. The van der Waals surface area contributed by atoms with Gasteiger partial charge < -0.3 is 9.15 Å². The van der Waals surface area contributed by atoms with E-state index in [0.717, 1.165) is 11.1 Å². The van der Waals surface area contributed by atoms with Crippen molar-refractivity contribution >= 4 is 28.5 Å². The number of hydrogen-bond donors (Lipinski definition) is 0. The number of carbonyl (C=O) groups excluding carboxylic acids is 1. The summed E-state index contributed by atoms with van der Waals surface area (Å²) in [4.78, 5) is 26.3. The van der Waals surface area contributed by atoms with Crippen LogP contribution in [-0.4, -0.2) is 5.97 Å². The van der Waals surface area contributed by atoms with Gasteiger partial charge in [-0.05, 0) is 47.7 Å². The van der Waals surface area contributed by atoms with Gasteiger partial charge in [-0.15, -0.1) is 0 Å². The van der Waals surface area contributed by atoms with Crippen LogP contribution < -0.4 is 10.2 Å². The third kappa shape index (κ3) is 4.19. The maximum Gasteiger partial charge on any atom is 0.343 e. The van der Waals surface area contributed by atoms with Crippen LogP contribution in [0.4, 0.5) is 0 Å². The maximum absolute atomic E-state index is 13.3. The normalized spacial score (nSPS) is 11.5. The van der Waals surface area contributed by atoms with E-state index in [1.54, 1.807) is 36.4 Å². The zero-order chi connectivity index (χ0) is 23.0. The van der Waals surface area contributed by atoms with E-state index in [1.165, 1.54) is 0 Å². The summed E-state index contributed by atoms with van der Waals surface area (Å²) in [6, 6.07) is 19.5. The van der Waals surface area contributed by atoms with Crippen molar-refractivity contribution in [3.63, 3.8) is 0 Å². The van der Waals surface area contributed by atoms with Crippen LogP contribution in [0, 0.1) is 6.92 Å². The lowest BCUT2D eigenvalue weighted by molar-refractivity contribution is 0.0731. The van der Waals surface area contributed by atoms with Crippen molar-refractivity contribution in [2.75, 3.05) is 0 Å². The molecule has 0 saturated heterocycles. The van der Waals surface area contributed by atoms with Gasteiger partial charge in [0, 0.05) is 10.6 Å². The number of hydrogen-bond acceptors (Lipinski definition) is 4. The molecule has 0 atom stereocenters. The van der Waals surface area contributed by atoms with Crippen molar-refractivity contribution in [1.29, 1.82) is 0 Å². The molecular weight excluding hydrogens is 424 g/mol. The Morgan fingerprint density at radius 3 is 2.25 bits per heavy atom. The highest BCUT2D eigenvalue weighted by molar-refractivity contribution is 6.32. The van der Waals surface area contributed by atoms with E-state index in [2.05, 4.69) is 20.8 Å². The monoisotopic (exact) mass is 446 g/mol. The van der Waals surface area contributed by atoms with Crippen molar-refractivity contribution < 1.29 is 13.9 Å². The quantitative estimate of drug-likeness (QED) is 0.320. The number of rotatable bonds is 3. The van der Waals surface area contributed by atoms with E-state index in [9.17, 15) is 9.59 Å². The van der Waals surface area contributed by atoms with Gasteiger partial charge in [0.05, 0.1) is 10.9 Å². The third-order valence-corrected chi connectivity index (χ3v) is 5.75. The second kappa shape index (κ2) is 8.29. The van der Waals surface area contributed by atoms with Crippen molar-refractivity contribution in [3.05, 3.63) is 98.7 Å². The van der Waals surface area contributed by atoms with Crippen LogP contribution >= 0.6 is 11.6 Å². The molecule has 1 aromatic heterocycles. The Kier molecular flexibility index (Phi) is 5.66. The molecule has 0 aliphatic rings. The Hall–Kier alpha value is -3.37. The van der Waals surface area contributed by atoms with Crippen LogP contribution in [0.3, 0.4) is 0 Å². The maximum atomic E-state index is 13.3. The molecular formula is C27H23ClO4. The van der Waals surface area contributed by atoms with Gasteiger partial charge in [0.2, 0.25) is 11.2 Å². The summed E-state index contributed by atoms with van der Waals surface area (Å²) in [5, 5.41) is 0.693. The van der Waals surface area contributed by atoms with Gasteiger partial charge in [0.1, 0.15) is 5.58 Å². The van der Waals surface area contributed by atoms with Gasteiger partial charge in [-0.3, -0.25) is 4.79 Å². The Bertz CT molecular complexity index is 1360. The van der Waals surface area contributed by atoms with E-state index in [0.29, 0.717) is 21.7 Å². The second-order valence-electron chi connectivity index (χ2n) is 8.77. The van der Waals surface area contributed by atoms with Crippen LogP contribution in [0.25, 0.3) is 22.3 Å². The molecule has 4 nitrogen and oxygen atoms in total. The molecule has 32 heavy (non-hydrogen) atoms. The fourth-order valence-electron chi connectivity index (χ4n) is 3.43. The van der Waals surface area contributed by atoms with Crippen LogP contribution in [0.5, 0.6) is 5.75 Å². The number of esters is 1. The first-order valence-corrected chi connectivity index (χ1v) is 10.7. The zero-order valence-corrected chi connectivity index (χ0v) is 19.1. The molecule has 0 bridgehead atoms. The zero-order valence-electron chi connectivity index (χ0n) is 18.4. The first-order chi connectivity index (χ1) is 15.1. The van der Waals surface area contributed by atoms with Crippen LogP contribution in [-0.2, 0) is 5.41 Å². The minimum absolute atomic E-state index is 0.0419. The molecule has 4 rings (SSSR count). The number of benzene rings is 3. The predicted molar refractivity (Wildman–Crippen MR) is 128 cm³/mol. The molecule has 0 aliphatic carbocycles. The van der Waals surface area contributed by atoms with E-state index >= 15 is 0 Å². The molecule has 0 aliphatic heterocycles. The number of carbonyl (C=O) groups is 1. The smallest absolute Gasteiger partial charge is 0.343 e. The van der Waals surface area contributed by atoms with Gasteiger partial charge in [0.25, 0.3) is 0 Å². The molecule has 1 heterocycles. The topological polar surface area (TPSA) is 56.5 Å². The first kappa shape index (κ1) is 21.8. The third-order valence-electron chi connectivity index (χ3n) is 5.35. The minimum atomic E-state index is -0.632. The molecule has 0 spiro atoms. The molecule has 0 N–H and O–H groups in total. The molecule has 5 heteroatoms. The molecule has 162 valence electrons. The Balaban J connectivity index is 1.83. The van der Waals surface area contributed by atoms with Crippen LogP contribution in [0.2, 0.25) is 5.02 Å². The standard InChI is InChI=1S/C27H23ClO4/c1-16-14-22-20(15-21(16)28)23(29)25(24(31-22)17-8-6-5-7-9-17)32-26(30)18-10-12-19(13-11-18)27(2,3)4/h5-15H,1-4H3. The van der Waals surface area contributed by atoms with E-state index in [1.807, 2.05) is 37.3 Å². The molecule has 0 amide bonds. The largest absolute Gasteiger partial charge is 0.452 e. The summed E-state index contributed by atoms with van der Waals surface area (Å²) >= 11 is 6.23. The molecule has 4 aromatic rings. The lowest BCUT2D eigenvalue weighted by Gasteiger charge is -2.19. The number of aryl methyl sites for hydroxylation is 1. The summed E-state index contributed by atoms with van der Waals surface area (Å²) in [6.45, 7) is 8.12. The van der Waals surface area contributed by atoms with Gasteiger partial charge >= 0.3 is 5.97 Å². The first-order valence-electron chi connectivity index (χ1n) is 10.3. The minimum Gasteiger partial charge on any atom is -0.452 e. The lowest BCUT2D eigenvalue weighted by Crippen LogP contribution is -2.17.